The molecule has 1 aliphatic heterocycles. The van der Waals surface area contributed by atoms with Gasteiger partial charge in [0.2, 0.25) is 5.95 Å². The van der Waals surface area contributed by atoms with Gasteiger partial charge in [0.05, 0.1) is 12.3 Å². The predicted octanol–water partition coefficient (Wildman–Crippen LogP) is 1.76. The van der Waals surface area contributed by atoms with E-state index in [1.165, 1.54) is 0 Å². The van der Waals surface area contributed by atoms with Crippen molar-refractivity contribution in [3.8, 4) is 0 Å². The maximum Gasteiger partial charge on any atom is 0.409 e. The molecular formula is C13H22N4O2. The molecule has 106 valence electrons. The second-order valence-corrected chi connectivity index (χ2v) is 4.92. The van der Waals surface area contributed by atoms with Crippen LogP contribution in [-0.2, 0) is 11.8 Å². The first-order valence-electron chi connectivity index (χ1n) is 6.78. The zero-order valence-electron chi connectivity index (χ0n) is 11.8. The van der Waals surface area contributed by atoms with Crippen LogP contribution in [0.5, 0.6) is 0 Å². The number of ether oxygens (including phenoxy) is 1. The van der Waals surface area contributed by atoms with Gasteiger partial charge in [-0.05, 0) is 26.7 Å². The van der Waals surface area contributed by atoms with Crippen LogP contribution in [0.25, 0.3) is 0 Å². The molecule has 0 aromatic carbocycles. The Morgan fingerprint density at radius 3 is 2.74 bits per heavy atom. The van der Waals surface area contributed by atoms with E-state index in [0.29, 0.717) is 12.6 Å². The van der Waals surface area contributed by atoms with Gasteiger partial charge in [-0.25, -0.2) is 9.78 Å². The molecule has 2 heterocycles. The number of rotatable bonds is 3. The molecule has 0 unspecified atom stereocenters. The van der Waals surface area contributed by atoms with Crippen molar-refractivity contribution in [1.29, 1.82) is 0 Å². The number of amides is 1. The van der Waals surface area contributed by atoms with E-state index in [4.69, 9.17) is 4.74 Å². The van der Waals surface area contributed by atoms with E-state index in [1.807, 2.05) is 31.7 Å². The zero-order chi connectivity index (χ0) is 13.8. The van der Waals surface area contributed by atoms with Crippen LogP contribution in [0.1, 0.15) is 25.5 Å². The summed E-state index contributed by atoms with van der Waals surface area (Å²) < 4.78 is 7.00. The fourth-order valence-electron chi connectivity index (χ4n) is 2.35. The van der Waals surface area contributed by atoms with Crippen molar-refractivity contribution in [2.75, 3.05) is 25.0 Å². The van der Waals surface area contributed by atoms with Crippen molar-refractivity contribution in [1.82, 2.24) is 14.5 Å². The highest BCUT2D eigenvalue weighted by Crippen LogP contribution is 2.16. The first-order valence-corrected chi connectivity index (χ1v) is 6.78. The molecule has 0 spiro atoms. The average Bonchev–Trinajstić information content (AvgIpc) is 2.69. The summed E-state index contributed by atoms with van der Waals surface area (Å²) in [6, 6.07) is 0.367. The van der Waals surface area contributed by atoms with E-state index in [1.54, 1.807) is 4.90 Å². The molecule has 1 N–H and O–H groups in total. The number of carbonyl (C=O) groups is 1. The summed E-state index contributed by atoms with van der Waals surface area (Å²) in [4.78, 5) is 17.8. The normalized spacial score (nSPS) is 16.5. The molecule has 1 aromatic rings. The Labute approximate surface area is 113 Å². The van der Waals surface area contributed by atoms with E-state index < -0.39 is 0 Å². The third-order valence-corrected chi connectivity index (χ3v) is 3.35. The summed E-state index contributed by atoms with van der Waals surface area (Å²) >= 11 is 0. The number of nitrogens with zero attached hydrogens (tertiary/aromatic N) is 3. The predicted molar refractivity (Wildman–Crippen MR) is 73.2 cm³/mol. The second-order valence-electron chi connectivity index (χ2n) is 4.92. The van der Waals surface area contributed by atoms with E-state index in [9.17, 15) is 4.79 Å². The number of aryl methyl sites for hydroxylation is 2. The van der Waals surface area contributed by atoms with E-state index in [-0.39, 0.29) is 6.09 Å². The summed E-state index contributed by atoms with van der Waals surface area (Å²) in [6.45, 7) is 5.72. The molecule has 1 aliphatic rings. The van der Waals surface area contributed by atoms with E-state index in [0.717, 1.165) is 37.6 Å². The zero-order valence-corrected chi connectivity index (χ0v) is 11.8. The highest BCUT2D eigenvalue weighted by molar-refractivity contribution is 5.67. The van der Waals surface area contributed by atoms with Gasteiger partial charge >= 0.3 is 6.09 Å². The molecule has 0 atom stereocenters. The maximum atomic E-state index is 11.6. The number of piperidine rings is 1. The number of hydrogen-bond acceptors (Lipinski definition) is 4. The lowest BCUT2D eigenvalue weighted by molar-refractivity contribution is 0.0983. The van der Waals surface area contributed by atoms with Crippen LogP contribution in [0.3, 0.4) is 0 Å². The lowest BCUT2D eigenvalue weighted by Crippen LogP contribution is -2.42. The van der Waals surface area contributed by atoms with Gasteiger partial charge in [0, 0.05) is 32.4 Å². The van der Waals surface area contributed by atoms with Crippen LogP contribution in [0, 0.1) is 6.92 Å². The largest absolute Gasteiger partial charge is 0.450 e. The molecule has 0 aliphatic carbocycles. The van der Waals surface area contributed by atoms with Crippen molar-refractivity contribution in [2.24, 2.45) is 7.05 Å². The van der Waals surface area contributed by atoms with Crippen LogP contribution in [-0.4, -0.2) is 46.3 Å². The minimum atomic E-state index is -0.200. The number of likely N-dealkylation sites (tertiary alicyclic amines) is 1. The Hall–Kier alpha value is -1.72. The highest BCUT2D eigenvalue weighted by atomic mass is 16.6. The molecular weight excluding hydrogens is 244 g/mol. The Kier molecular flexibility index (Phi) is 4.29. The highest BCUT2D eigenvalue weighted by Gasteiger charge is 2.24. The number of hydrogen-bond donors (Lipinski definition) is 1. The van der Waals surface area contributed by atoms with Gasteiger partial charge in [0.15, 0.2) is 0 Å². The Morgan fingerprint density at radius 2 is 2.21 bits per heavy atom. The van der Waals surface area contributed by atoms with Crippen molar-refractivity contribution in [3.63, 3.8) is 0 Å². The molecule has 6 heteroatoms. The number of anilines is 1. The Morgan fingerprint density at radius 1 is 1.53 bits per heavy atom. The van der Waals surface area contributed by atoms with Crippen LogP contribution in [0.15, 0.2) is 6.20 Å². The van der Waals surface area contributed by atoms with Crippen LogP contribution >= 0.6 is 0 Å². The minimum Gasteiger partial charge on any atom is -0.450 e. The molecule has 0 radical (unpaired) electrons. The summed E-state index contributed by atoms with van der Waals surface area (Å²) in [5, 5.41) is 3.43. The Balaban J connectivity index is 1.83. The molecule has 2 rings (SSSR count). The monoisotopic (exact) mass is 266 g/mol. The smallest absolute Gasteiger partial charge is 0.409 e. The fraction of sp³-hybridized carbons (Fsp3) is 0.692. The minimum absolute atomic E-state index is 0.200. The van der Waals surface area contributed by atoms with Crippen LogP contribution in [0.4, 0.5) is 10.7 Å². The van der Waals surface area contributed by atoms with E-state index in [2.05, 4.69) is 10.3 Å². The maximum absolute atomic E-state index is 11.6. The summed E-state index contributed by atoms with van der Waals surface area (Å²) in [5.41, 5.74) is 1.01. The van der Waals surface area contributed by atoms with Gasteiger partial charge in [-0.15, -0.1) is 0 Å². The molecule has 0 bridgehead atoms. The molecule has 0 saturated carbocycles. The van der Waals surface area contributed by atoms with Crippen molar-refractivity contribution in [3.05, 3.63) is 11.9 Å². The topological polar surface area (TPSA) is 59.4 Å². The van der Waals surface area contributed by atoms with Crippen LogP contribution in [0.2, 0.25) is 0 Å². The standard InChI is InChI=1S/C13H22N4O2/c1-4-19-13(18)17-7-5-11(6-8-17)15-12-14-10(2)9-16(12)3/h9,11H,4-8H2,1-3H3,(H,14,15). The molecule has 1 aromatic heterocycles. The number of carbonyl (C=O) groups excluding carboxylic acids is 1. The van der Waals surface area contributed by atoms with Crippen LogP contribution < -0.4 is 5.32 Å². The Bertz CT molecular complexity index is 436. The quantitative estimate of drug-likeness (QED) is 0.905. The lowest BCUT2D eigenvalue weighted by atomic mass is 10.1. The third kappa shape index (κ3) is 3.39. The van der Waals surface area contributed by atoms with Gasteiger partial charge in [-0.1, -0.05) is 0 Å². The summed E-state index contributed by atoms with van der Waals surface area (Å²) in [5.74, 6) is 0.895. The summed E-state index contributed by atoms with van der Waals surface area (Å²) in [6.07, 6.45) is 3.64. The molecule has 6 nitrogen and oxygen atoms in total. The van der Waals surface area contributed by atoms with Gasteiger partial charge in [-0.3, -0.25) is 0 Å². The van der Waals surface area contributed by atoms with E-state index >= 15 is 0 Å². The summed E-state index contributed by atoms with van der Waals surface area (Å²) in [7, 11) is 1.98. The molecule has 19 heavy (non-hydrogen) atoms. The second kappa shape index (κ2) is 5.95. The molecule has 1 amide bonds. The van der Waals surface area contributed by atoms with Gasteiger partial charge in [-0.2, -0.15) is 0 Å². The third-order valence-electron chi connectivity index (χ3n) is 3.35. The van der Waals surface area contributed by atoms with Gasteiger partial charge in [0.1, 0.15) is 0 Å². The lowest BCUT2D eigenvalue weighted by Gasteiger charge is -2.31. The average molecular weight is 266 g/mol. The SMILES string of the molecule is CCOC(=O)N1CCC(Nc2nc(C)cn2C)CC1. The van der Waals surface area contributed by atoms with Crippen molar-refractivity contribution in [2.45, 2.75) is 32.7 Å². The number of nitrogens with one attached hydrogen (secondary N) is 1. The first kappa shape index (κ1) is 13.7. The molecule has 1 saturated heterocycles. The fourth-order valence-corrected chi connectivity index (χ4v) is 2.35. The van der Waals surface area contributed by atoms with Crippen molar-refractivity contribution < 1.29 is 9.53 Å². The first-order chi connectivity index (χ1) is 9.10. The van der Waals surface area contributed by atoms with Gasteiger partial charge in [0.25, 0.3) is 0 Å². The molecule has 1 fully saturated rings. The van der Waals surface area contributed by atoms with Crippen molar-refractivity contribution >= 4 is 12.0 Å². The number of aromatic nitrogens is 2. The number of imidazole rings is 1. The van der Waals surface area contributed by atoms with Gasteiger partial charge < -0.3 is 19.5 Å².